The molecular formula is C28H34N4O6S. The van der Waals surface area contributed by atoms with Gasteiger partial charge in [0, 0.05) is 18.3 Å². The minimum atomic E-state index is -0.888. The number of nitrogens with zero attached hydrogens (tertiary/aromatic N) is 2. The first kappa shape index (κ1) is 28.3. The first-order chi connectivity index (χ1) is 18.5. The van der Waals surface area contributed by atoms with Gasteiger partial charge in [-0.05, 0) is 43.4 Å². The number of ketones is 1. The van der Waals surface area contributed by atoms with E-state index < -0.39 is 30.3 Å². The molecule has 2 saturated heterocycles. The molecule has 0 bridgehead atoms. The lowest BCUT2D eigenvalue weighted by Crippen LogP contribution is -2.53. The van der Waals surface area contributed by atoms with Crippen LogP contribution in [0.15, 0.2) is 42.5 Å². The highest BCUT2D eigenvalue weighted by molar-refractivity contribution is 7.17. The largest absolute Gasteiger partial charge is 0.414 e. The van der Waals surface area contributed by atoms with Gasteiger partial charge in [0.1, 0.15) is 18.1 Å². The zero-order valence-corrected chi connectivity index (χ0v) is 23.3. The summed E-state index contributed by atoms with van der Waals surface area (Å²) in [6.07, 6.45) is 0.0550. The van der Waals surface area contributed by atoms with Gasteiger partial charge in [-0.15, -0.1) is 0 Å². The van der Waals surface area contributed by atoms with Gasteiger partial charge in [0.15, 0.2) is 10.8 Å². The quantitative estimate of drug-likeness (QED) is 0.517. The molecule has 1 aromatic heterocycles. The van der Waals surface area contributed by atoms with Crippen molar-refractivity contribution in [2.75, 3.05) is 13.1 Å². The second-order valence-electron chi connectivity index (χ2n) is 10.4. The number of carbonyl (C=O) groups excluding carboxylic acids is 5. The van der Waals surface area contributed by atoms with Crippen molar-refractivity contribution in [2.24, 2.45) is 5.92 Å². The number of benzene rings is 1. The highest BCUT2D eigenvalue weighted by atomic mass is 32.1. The summed E-state index contributed by atoms with van der Waals surface area (Å²) >= 11 is 1.32. The molecule has 208 valence electrons. The summed E-state index contributed by atoms with van der Waals surface area (Å²) in [4.78, 5) is 67.6. The fraction of sp³-hybridized carbons (Fsp3) is 0.464. The number of nitrogens with one attached hydrogen (secondary N) is 2. The number of likely N-dealkylation sites (tertiary alicyclic amines) is 2. The maximum absolute atomic E-state index is 13.6. The van der Waals surface area contributed by atoms with Crippen molar-refractivity contribution >= 4 is 40.9 Å². The van der Waals surface area contributed by atoms with E-state index in [2.05, 4.69) is 10.6 Å². The molecule has 39 heavy (non-hydrogen) atoms. The van der Waals surface area contributed by atoms with Crippen LogP contribution in [0.3, 0.4) is 0 Å². The first-order valence-corrected chi connectivity index (χ1v) is 13.9. The van der Waals surface area contributed by atoms with Crippen molar-refractivity contribution < 1.29 is 28.7 Å². The Morgan fingerprint density at radius 1 is 1.00 bits per heavy atom. The third-order valence-electron chi connectivity index (χ3n) is 6.91. The van der Waals surface area contributed by atoms with Gasteiger partial charge in [-0.25, -0.2) is 4.79 Å². The van der Waals surface area contributed by atoms with E-state index in [9.17, 15) is 24.0 Å². The normalized spacial score (nSPS) is 20.0. The van der Waals surface area contributed by atoms with Crippen LogP contribution in [0.4, 0.5) is 4.79 Å². The second-order valence-corrected chi connectivity index (χ2v) is 11.4. The van der Waals surface area contributed by atoms with Crippen molar-refractivity contribution in [3.8, 4) is 15.5 Å². The summed E-state index contributed by atoms with van der Waals surface area (Å²) in [5.74, 6) is -1.21. The monoisotopic (exact) mass is 554 g/mol. The summed E-state index contributed by atoms with van der Waals surface area (Å²) in [6, 6.07) is 10.4. The lowest BCUT2D eigenvalue weighted by molar-refractivity contribution is -0.138. The molecule has 0 radical (unpaired) electrons. The predicted molar refractivity (Wildman–Crippen MR) is 146 cm³/mol. The van der Waals surface area contributed by atoms with Crippen molar-refractivity contribution in [2.45, 2.75) is 64.7 Å². The molecule has 2 N–H and O–H groups in total. The standard InChI is InChI=1S/C28H34N4O6S/c1-16(2)14-20(30-28(37)38-24-11-10-23(39-24)19-8-6-5-7-9-19)27(36)31-13-12-21-25(31)22(34)15-32(21)26(35)17(3)29-18(4)33/h5-11,16-17,20-21,25H,12-15H2,1-4H3,(H,29,33)(H,30,37). The zero-order valence-electron chi connectivity index (χ0n) is 22.5. The summed E-state index contributed by atoms with van der Waals surface area (Å²) in [6.45, 7) is 6.95. The highest BCUT2D eigenvalue weighted by Gasteiger charge is 2.52. The second kappa shape index (κ2) is 12.0. The van der Waals surface area contributed by atoms with Crippen molar-refractivity contribution in [3.63, 3.8) is 0 Å². The molecule has 0 spiro atoms. The molecule has 1 aromatic carbocycles. The SMILES string of the molecule is CC(=O)NC(C)C(=O)N1CC(=O)C2C1CCN2C(=O)C(CC(C)C)NC(=O)Oc1ccc(-c2ccccc2)s1. The number of Topliss-reactive ketones (excluding diaryl/α,β-unsaturated/α-hetero) is 1. The predicted octanol–water partition coefficient (Wildman–Crippen LogP) is 2.82. The minimum Gasteiger partial charge on any atom is -0.399 e. The smallest absolute Gasteiger partial charge is 0.399 e. The number of ether oxygens (including phenoxy) is 1. The van der Waals surface area contributed by atoms with Crippen molar-refractivity contribution in [1.82, 2.24) is 20.4 Å². The Morgan fingerprint density at radius 3 is 2.38 bits per heavy atom. The summed E-state index contributed by atoms with van der Waals surface area (Å²) in [5, 5.41) is 5.66. The molecule has 2 aliphatic rings. The molecule has 0 aliphatic carbocycles. The van der Waals surface area contributed by atoms with Crippen LogP contribution in [-0.2, 0) is 19.2 Å². The Bertz CT molecular complexity index is 1250. The summed E-state index contributed by atoms with van der Waals surface area (Å²) in [7, 11) is 0. The molecule has 4 rings (SSSR count). The van der Waals surface area contributed by atoms with E-state index in [1.54, 1.807) is 13.0 Å². The van der Waals surface area contributed by atoms with Gasteiger partial charge < -0.3 is 25.2 Å². The Morgan fingerprint density at radius 2 is 1.72 bits per heavy atom. The number of fused-ring (bicyclic) bond motifs is 1. The maximum Gasteiger partial charge on any atom is 0.414 e. The van der Waals surface area contributed by atoms with E-state index in [1.807, 2.05) is 50.2 Å². The van der Waals surface area contributed by atoms with E-state index in [1.165, 1.54) is 28.1 Å². The number of hydrogen-bond acceptors (Lipinski definition) is 7. The van der Waals surface area contributed by atoms with Crippen LogP contribution < -0.4 is 15.4 Å². The van der Waals surface area contributed by atoms with Gasteiger partial charge in [0.2, 0.25) is 17.7 Å². The first-order valence-electron chi connectivity index (χ1n) is 13.1. The number of rotatable bonds is 8. The molecule has 11 heteroatoms. The van der Waals surface area contributed by atoms with Gasteiger partial charge in [0.25, 0.3) is 0 Å². The third-order valence-corrected chi connectivity index (χ3v) is 7.92. The molecule has 2 aliphatic heterocycles. The van der Waals surface area contributed by atoms with E-state index in [0.29, 0.717) is 17.9 Å². The average molecular weight is 555 g/mol. The molecule has 2 aromatic rings. The Kier molecular flexibility index (Phi) is 8.69. The molecule has 10 nitrogen and oxygen atoms in total. The Labute approximate surface area is 231 Å². The van der Waals surface area contributed by atoms with E-state index in [0.717, 1.165) is 10.4 Å². The average Bonchev–Trinajstić information content (AvgIpc) is 3.60. The Hall–Kier alpha value is -3.73. The van der Waals surface area contributed by atoms with Crippen LogP contribution in [0, 0.1) is 5.92 Å². The van der Waals surface area contributed by atoms with Crippen molar-refractivity contribution in [1.29, 1.82) is 0 Å². The topological polar surface area (TPSA) is 125 Å². The molecule has 2 fully saturated rings. The van der Waals surface area contributed by atoms with Crippen LogP contribution >= 0.6 is 11.3 Å². The molecule has 0 saturated carbocycles. The van der Waals surface area contributed by atoms with Gasteiger partial charge in [-0.1, -0.05) is 55.5 Å². The van der Waals surface area contributed by atoms with Crippen LogP contribution in [0.1, 0.15) is 40.5 Å². The van der Waals surface area contributed by atoms with Crippen LogP contribution in [0.2, 0.25) is 0 Å². The fourth-order valence-corrected chi connectivity index (χ4v) is 6.12. The number of carbonyl (C=O) groups is 5. The van der Waals surface area contributed by atoms with Crippen LogP contribution in [-0.4, -0.2) is 76.7 Å². The number of thiophene rings is 1. The van der Waals surface area contributed by atoms with Gasteiger partial charge >= 0.3 is 6.09 Å². The third kappa shape index (κ3) is 6.47. The Balaban J connectivity index is 1.43. The minimum absolute atomic E-state index is 0.0833. The lowest BCUT2D eigenvalue weighted by Gasteiger charge is -2.29. The van der Waals surface area contributed by atoms with Crippen molar-refractivity contribution in [3.05, 3.63) is 42.5 Å². The lowest BCUT2D eigenvalue weighted by atomic mass is 10.0. The fourth-order valence-electron chi connectivity index (χ4n) is 5.26. The number of amides is 4. The van der Waals surface area contributed by atoms with Gasteiger partial charge in [0.05, 0.1) is 12.6 Å². The number of hydrogen-bond donors (Lipinski definition) is 2. The molecule has 4 unspecified atom stereocenters. The highest BCUT2D eigenvalue weighted by Crippen LogP contribution is 2.33. The zero-order chi connectivity index (χ0) is 28.3. The van der Waals surface area contributed by atoms with Gasteiger partial charge in [-0.2, -0.15) is 0 Å². The van der Waals surface area contributed by atoms with E-state index >= 15 is 0 Å². The van der Waals surface area contributed by atoms with Gasteiger partial charge in [-0.3, -0.25) is 19.2 Å². The summed E-state index contributed by atoms with van der Waals surface area (Å²) < 4.78 is 5.50. The van der Waals surface area contributed by atoms with E-state index in [-0.39, 0.29) is 42.5 Å². The summed E-state index contributed by atoms with van der Waals surface area (Å²) in [5.41, 5.74) is 1.01. The van der Waals surface area contributed by atoms with Crippen LogP contribution in [0.25, 0.3) is 10.4 Å². The molecule has 4 amide bonds. The maximum atomic E-state index is 13.6. The van der Waals surface area contributed by atoms with E-state index in [4.69, 9.17) is 4.74 Å². The molecular weight excluding hydrogens is 520 g/mol. The molecule has 4 atom stereocenters. The van der Waals surface area contributed by atoms with Crippen LogP contribution in [0.5, 0.6) is 5.06 Å². The molecule has 3 heterocycles.